The predicted molar refractivity (Wildman–Crippen MR) is 60.2 cm³/mol. The van der Waals surface area contributed by atoms with Crippen LogP contribution in [-0.2, 0) is 6.42 Å². The number of unbranched alkanes of at least 4 members (excludes halogenated alkanes) is 2. The number of hydrogen-bond acceptors (Lipinski definition) is 1. The molecule has 0 aliphatic carbocycles. The van der Waals surface area contributed by atoms with Gasteiger partial charge >= 0.3 is 0 Å². The van der Waals surface area contributed by atoms with Gasteiger partial charge in [-0.1, -0.05) is 38.0 Å². The van der Waals surface area contributed by atoms with Gasteiger partial charge in [0, 0.05) is 0 Å². The van der Waals surface area contributed by atoms with Crippen LogP contribution in [0.2, 0.25) is 0 Å². The van der Waals surface area contributed by atoms with E-state index in [4.69, 9.17) is 4.43 Å². The highest BCUT2D eigenvalue weighted by atomic mass is 28.2. The molecule has 0 saturated heterocycles. The normalized spacial score (nSPS) is 10.2. The number of aryl methyl sites for hydroxylation is 1. The summed E-state index contributed by atoms with van der Waals surface area (Å²) < 4.78 is 5.41. The highest BCUT2D eigenvalue weighted by Gasteiger charge is 1.99. The second-order valence-corrected chi connectivity index (χ2v) is 3.68. The van der Waals surface area contributed by atoms with Crippen LogP contribution in [0.15, 0.2) is 24.3 Å². The first-order chi connectivity index (χ1) is 6.38. The zero-order valence-electron chi connectivity index (χ0n) is 8.55. The van der Waals surface area contributed by atoms with Gasteiger partial charge in [0.15, 0.2) is 0 Å². The summed E-state index contributed by atoms with van der Waals surface area (Å²) in [6, 6.07) is 8.36. The molecule has 0 fully saturated rings. The predicted octanol–water partition coefficient (Wildman–Crippen LogP) is 2.08. The molecule has 0 unspecified atom stereocenters. The summed E-state index contributed by atoms with van der Waals surface area (Å²) in [6.07, 6.45) is 5.03. The molecule has 0 radical (unpaired) electrons. The number of hydrogen-bond donors (Lipinski definition) is 0. The molecule has 0 aromatic heterocycles. The summed E-state index contributed by atoms with van der Waals surface area (Å²) in [7, 11) is 0.785. The fourth-order valence-corrected chi connectivity index (χ4v) is 1.87. The Morgan fingerprint density at radius 3 is 2.69 bits per heavy atom. The average Bonchev–Trinajstić information content (AvgIpc) is 2.19. The van der Waals surface area contributed by atoms with Gasteiger partial charge in [0.2, 0.25) is 10.5 Å². The molecule has 72 valence electrons. The van der Waals surface area contributed by atoms with Crippen LogP contribution in [0.3, 0.4) is 0 Å². The van der Waals surface area contributed by atoms with E-state index in [1.165, 1.54) is 24.8 Å². The Hall–Kier alpha value is -0.763. The summed E-state index contributed by atoms with van der Waals surface area (Å²) in [5.41, 5.74) is 1.37. The van der Waals surface area contributed by atoms with Crippen molar-refractivity contribution in [2.24, 2.45) is 0 Å². The van der Waals surface area contributed by atoms with Gasteiger partial charge in [0.05, 0.1) is 0 Å². The van der Waals surface area contributed by atoms with Crippen LogP contribution in [0.4, 0.5) is 0 Å². The Bertz CT molecular complexity index is 248. The molecule has 13 heavy (non-hydrogen) atoms. The smallest absolute Gasteiger partial charge is 0.204 e. The van der Waals surface area contributed by atoms with Crippen LogP contribution >= 0.6 is 0 Å². The molecule has 0 atom stereocenters. The van der Waals surface area contributed by atoms with Crippen LogP contribution in [0, 0.1) is 0 Å². The van der Waals surface area contributed by atoms with E-state index >= 15 is 0 Å². The molecule has 0 spiro atoms. The van der Waals surface area contributed by atoms with Crippen LogP contribution in [0.5, 0.6) is 5.75 Å². The van der Waals surface area contributed by atoms with Crippen LogP contribution in [0.1, 0.15) is 31.7 Å². The van der Waals surface area contributed by atoms with Gasteiger partial charge in [-0.3, -0.25) is 0 Å². The third kappa shape index (κ3) is 3.23. The van der Waals surface area contributed by atoms with Gasteiger partial charge in [-0.25, -0.2) is 0 Å². The molecule has 2 heteroatoms. The lowest BCUT2D eigenvalue weighted by molar-refractivity contribution is 0.598. The first-order valence-corrected chi connectivity index (χ1v) is 5.82. The lowest BCUT2D eigenvalue weighted by atomic mass is 10.1. The van der Waals surface area contributed by atoms with Gasteiger partial charge in [-0.05, 0) is 24.5 Å². The zero-order chi connectivity index (χ0) is 9.52. The third-order valence-electron chi connectivity index (χ3n) is 2.24. The van der Waals surface area contributed by atoms with Crippen molar-refractivity contribution >= 4 is 10.5 Å². The lowest BCUT2D eigenvalue weighted by Gasteiger charge is -2.07. The third-order valence-corrected chi connectivity index (χ3v) is 2.68. The van der Waals surface area contributed by atoms with Crippen molar-refractivity contribution < 1.29 is 4.43 Å². The Labute approximate surface area is 83.7 Å². The van der Waals surface area contributed by atoms with Crippen LogP contribution < -0.4 is 4.43 Å². The average molecular weight is 194 g/mol. The van der Waals surface area contributed by atoms with Crippen LogP contribution in [0.25, 0.3) is 0 Å². The summed E-state index contributed by atoms with van der Waals surface area (Å²) in [5, 5.41) is 0. The summed E-state index contributed by atoms with van der Waals surface area (Å²) in [6.45, 7) is 2.23. The topological polar surface area (TPSA) is 9.23 Å². The molecule has 0 aliphatic heterocycles. The van der Waals surface area contributed by atoms with E-state index in [0.29, 0.717) is 0 Å². The second-order valence-electron chi connectivity index (χ2n) is 3.27. The second kappa shape index (κ2) is 5.81. The Morgan fingerprint density at radius 1 is 1.23 bits per heavy atom. The zero-order valence-corrected chi connectivity index (χ0v) is 10.5. The van der Waals surface area contributed by atoms with E-state index in [-0.39, 0.29) is 0 Å². The molecule has 0 bridgehead atoms. The molecule has 0 saturated carbocycles. The van der Waals surface area contributed by atoms with Crippen molar-refractivity contribution in [3.63, 3.8) is 0 Å². The van der Waals surface area contributed by atoms with Crippen molar-refractivity contribution in [3.8, 4) is 5.75 Å². The molecule has 1 aromatic carbocycles. The Balaban J connectivity index is 2.54. The van der Waals surface area contributed by atoms with E-state index in [0.717, 1.165) is 22.7 Å². The molecule has 0 amide bonds. The monoisotopic (exact) mass is 194 g/mol. The maximum absolute atomic E-state index is 5.41. The van der Waals surface area contributed by atoms with Gasteiger partial charge in [0.1, 0.15) is 5.75 Å². The highest BCUT2D eigenvalue weighted by Crippen LogP contribution is 2.19. The fourth-order valence-electron chi connectivity index (χ4n) is 1.47. The fraction of sp³-hybridized carbons (Fsp3) is 0.455. The largest absolute Gasteiger partial charge is 0.553 e. The Morgan fingerprint density at radius 2 is 2.00 bits per heavy atom. The van der Waals surface area contributed by atoms with Crippen molar-refractivity contribution in [2.75, 3.05) is 0 Å². The molecule has 0 aliphatic rings. The first kappa shape index (κ1) is 10.3. The molecule has 1 rings (SSSR count). The van der Waals surface area contributed by atoms with Crippen molar-refractivity contribution in [1.82, 2.24) is 0 Å². The molecule has 0 heterocycles. The van der Waals surface area contributed by atoms with Crippen molar-refractivity contribution in [2.45, 2.75) is 32.6 Å². The lowest BCUT2D eigenvalue weighted by Crippen LogP contribution is -1.92. The maximum Gasteiger partial charge on any atom is 0.204 e. The minimum Gasteiger partial charge on any atom is -0.553 e. The van der Waals surface area contributed by atoms with E-state index in [9.17, 15) is 0 Å². The summed E-state index contributed by atoms with van der Waals surface area (Å²) in [4.78, 5) is 0. The quantitative estimate of drug-likeness (QED) is 0.515. The molecule has 0 N–H and O–H groups in total. The van der Waals surface area contributed by atoms with Gasteiger partial charge in [0.25, 0.3) is 0 Å². The number of rotatable bonds is 5. The molecular formula is C11H18OSi. The van der Waals surface area contributed by atoms with E-state index in [1.807, 2.05) is 6.07 Å². The SMILES string of the molecule is CCCCCc1ccccc1O[SiH3]. The van der Waals surface area contributed by atoms with Crippen molar-refractivity contribution in [3.05, 3.63) is 29.8 Å². The summed E-state index contributed by atoms with van der Waals surface area (Å²) in [5.74, 6) is 1.09. The standard InChI is InChI=1S/C11H18OSi/c1-2-3-4-7-10-8-5-6-9-11(10)12-13/h5-6,8-9H,2-4,7H2,1,13H3. The maximum atomic E-state index is 5.41. The van der Waals surface area contributed by atoms with E-state index < -0.39 is 0 Å². The van der Waals surface area contributed by atoms with Gasteiger partial charge in [-0.2, -0.15) is 0 Å². The van der Waals surface area contributed by atoms with Gasteiger partial charge < -0.3 is 4.43 Å². The molecule has 1 aromatic rings. The summed E-state index contributed by atoms with van der Waals surface area (Å²) >= 11 is 0. The first-order valence-electron chi connectivity index (χ1n) is 5.00. The molecular weight excluding hydrogens is 176 g/mol. The highest BCUT2D eigenvalue weighted by molar-refractivity contribution is 6.00. The van der Waals surface area contributed by atoms with Gasteiger partial charge in [-0.15, -0.1) is 0 Å². The minimum atomic E-state index is 0.785. The molecule has 1 nitrogen and oxygen atoms in total. The van der Waals surface area contributed by atoms with E-state index in [2.05, 4.69) is 25.1 Å². The Kier molecular flexibility index (Phi) is 4.61. The number of para-hydroxylation sites is 1. The minimum absolute atomic E-state index is 0.785. The van der Waals surface area contributed by atoms with E-state index in [1.54, 1.807) is 0 Å². The number of benzene rings is 1. The van der Waals surface area contributed by atoms with Crippen LogP contribution in [-0.4, -0.2) is 10.5 Å². The van der Waals surface area contributed by atoms with Crippen molar-refractivity contribution in [1.29, 1.82) is 0 Å².